The summed E-state index contributed by atoms with van der Waals surface area (Å²) in [4.78, 5) is 36.7. The molecule has 0 aromatic rings. The monoisotopic (exact) mass is 241 g/mol. The van der Waals surface area contributed by atoms with Gasteiger partial charge < -0.3 is 20.2 Å². The molecule has 7 heteroatoms. The molecule has 0 spiro atoms. The Morgan fingerprint density at radius 2 is 2.06 bits per heavy atom. The molecule has 1 atom stereocenters. The lowest BCUT2D eigenvalue weighted by Crippen LogP contribution is -2.37. The van der Waals surface area contributed by atoms with Gasteiger partial charge in [-0.25, -0.2) is 4.79 Å². The van der Waals surface area contributed by atoms with Crippen molar-refractivity contribution in [2.24, 2.45) is 5.92 Å². The summed E-state index contributed by atoms with van der Waals surface area (Å²) in [6.07, 6.45) is 0.0710. The lowest BCUT2D eigenvalue weighted by molar-refractivity contribution is -0.141. The fourth-order valence-electron chi connectivity index (χ4n) is 2.12. The molecule has 1 unspecified atom stereocenters. The molecule has 2 saturated heterocycles. The topological polar surface area (TPSA) is 89.9 Å². The van der Waals surface area contributed by atoms with Crippen LogP contribution < -0.4 is 5.32 Å². The molecule has 2 heterocycles. The van der Waals surface area contributed by atoms with Crippen LogP contribution in [0.2, 0.25) is 0 Å². The third-order valence-corrected chi connectivity index (χ3v) is 3.15. The van der Waals surface area contributed by atoms with Gasteiger partial charge in [0.2, 0.25) is 5.91 Å². The number of carbonyl (C=O) groups is 3. The molecule has 17 heavy (non-hydrogen) atoms. The number of hydrogen-bond donors (Lipinski definition) is 2. The van der Waals surface area contributed by atoms with E-state index in [0.717, 1.165) is 0 Å². The van der Waals surface area contributed by atoms with E-state index < -0.39 is 11.9 Å². The van der Waals surface area contributed by atoms with E-state index in [2.05, 4.69) is 5.32 Å². The van der Waals surface area contributed by atoms with Gasteiger partial charge in [0, 0.05) is 39.1 Å². The van der Waals surface area contributed by atoms with Crippen molar-refractivity contribution >= 4 is 17.9 Å². The van der Waals surface area contributed by atoms with Gasteiger partial charge >= 0.3 is 12.0 Å². The number of carboxylic acid groups (broad SMARTS) is 1. The first-order valence-corrected chi connectivity index (χ1v) is 5.61. The molecule has 2 aliphatic rings. The first kappa shape index (κ1) is 11.7. The molecule has 0 aromatic carbocycles. The van der Waals surface area contributed by atoms with Crippen LogP contribution in [0.1, 0.15) is 6.42 Å². The minimum atomic E-state index is -0.931. The molecule has 0 aliphatic carbocycles. The predicted octanol–water partition coefficient (Wildman–Crippen LogP) is -1.06. The fraction of sp³-hybridized carbons (Fsp3) is 0.700. The van der Waals surface area contributed by atoms with Crippen LogP contribution in [0.5, 0.6) is 0 Å². The Kier molecular flexibility index (Phi) is 3.16. The summed E-state index contributed by atoms with van der Waals surface area (Å²) in [6, 6.07) is -0.119. The second-order valence-electron chi connectivity index (χ2n) is 4.30. The highest BCUT2D eigenvalue weighted by Crippen LogP contribution is 2.17. The van der Waals surface area contributed by atoms with Gasteiger partial charge in [-0.3, -0.25) is 9.59 Å². The summed E-state index contributed by atoms with van der Waals surface area (Å²) in [5.74, 6) is -1.67. The minimum absolute atomic E-state index is 0.0710. The Bertz CT molecular complexity index is 357. The summed E-state index contributed by atoms with van der Waals surface area (Å²) >= 11 is 0. The largest absolute Gasteiger partial charge is 0.481 e. The van der Waals surface area contributed by atoms with E-state index in [9.17, 15) is 14.4 Å². The number of rotatable bonds is 4. The summed E-state index contributed by atoms with van der Waals surface area (Å²) in [5.41, 5.74) is 0. The molecule has 0 radical (unpaired) electrons. The number of nitrogens with one attached hydrogen (secondary N) is 1. The van der Waals surface area contributed by atoms with Gasteiger partial charge in [0.05, 0.1) is 5.92 Å². The van der Waals surface area contributed by atoms with Crippen molar-refractivity contribution in [1.29, 1.82) is 0 Å². The van der Waals surface area contributed by atoms with E-state index in [1.54, 1.807) is 4.90 Å². The maximum absolute atomic E-state index is 11.5. The fourth-order valence-corrected chi connectivity index (χ4v) is 2.12. The smallest absolute Gasteiger partial charge is 0.317 e. The van der Waals surface area contributed by atoms with Crippen LogP contribution in [0.15, 0.2) is 0 Å². The van der Waals surface area contributed by atoms with Crippen molar-refractivity contribution in [3.8, 4) is 0 Å². The second kappa shape index (κ2) is 4.60. The van der Waals surface area contributed by atoms with Crippen molar-refractivity contribution in [3.05, 3.63) is 0 Å². The standard InChI is InChI=1S/C10H15N3O4/c14-8-5-7(9(15)16)6-13(8)4-3-12-2-1-11-10(12)17/h7H,1-6H2,(H,11,17)(H,15,16). The molecule has 0 saturated carbocycles. The molecule has 3 amide bonds. The lowest BCUT2D eigenvalue weighted by Gasteiger charge is -2.20. The number of carbonyl (C=O) groups excluding carboxylic acids is 2. The molecule has 2 rings (SSSR count). The number of likely N-dealkylation sites (tertiary alicyclic amines) is 1. The van der Waals surface area contributed by atoms with Crippen LogP contribution in [0.4, 0.5) is 4.79 Å². The van der Waals surface area contributed by atoms with Crippen molar-refractivity contribution < 1.29 is 19.5 Å². The Morgan fingerprint density at radius 3 is 2.59 bits per heavy atom. The number of urea groups is 1. The van der Waals surface area contributed by atoms with E-state index in [-0.39, 0.29) is 24.9 Å². The molecular weight excluding hydrogens is 226 g/mol. The molecule has 7 nitrogen and oxygen atoms in total. The first-order chi connectivity index (χ1) is 8.08. The van der Waals surface area contributed by atoms with Gasteiger partial charge in [-0.15, -0.1) is 0 Å². The highest BCUT2D eigenvalue weighted by Gasteiger charge is 2.34. The summed E-state index contributed by atoms with van der Waals surface area (Å²) < 4.78 is 0. The zero-order valence-corrected chi connectivity index (χ0v) is 9.39. The normalized spacial score (nSPS) is 24.4. The van der Waals surface area contributed by atoms with Crippen LogP contribution in [-0.4, -0.2) is 65.5 Å². The van der Waals surface area contributed by atoms with Crippen molar-refractivity contribution in [2.45, 2.75) is 6.42 Å². The molecular formula is C10H15N3O4. The number of aliphatic carboxylic acids is 1. The second-order valence-corrected chi connectivity index (χ2v) is 4.30. The van der Waals surface area contributed by atoms with Gasteiger partial charge in [0.25, 0.3) is 0 Å². The van der Waals surface area contributed by atoms with Gasteiger partial charge in [-0.2, -0.15) is 0 Å². The van der Waals surface area contributed by atoms with Gasteiger partial charge in [0.15, 0.2) is 0 Å². The maximum atomic E-state index is 11.5. The SMILES string of the molecule is O=C(O)C1CC(=O)N(CCN2CCNC2=O)C1. The highest BCUT2D eigenvalue weighted by atomic mass is 16.4. The third-order valence-electron chi connectivity index (χ3n) is 3.15. The molecule has 0 aromatic heterocycles. The van der Waals surface area contributed by atoms with Gasteiger partial charge in [-0.05, 0) is 0 Å². The number of hydrogen-bond acceptors (Lipinski definition) is 3. The van der Waals surface area contributed by atoms with Crippen LogP contribution in [-0.2, 0) is 9.59 Å². The summed E-state index contributed by atoms with van der Waals surface area (Å²) in [7, 11) is 0. The highest BCUT2D eigenvalue weighted by molar-refractivity contribution is 5.86. The van der Waals surface area contributed by atoms with E-state index in [0.29, 0.717) is 26.2 Å². The summed E-state index contributed by atoms with van der Waals surface area (Å²) in [6.45, 7) is 2.40. The van der Waals surface area contributed by atoms with Crippen LogP contribution >= 0.6 is 0 Å². The maximum Gasteiger partial charge on any atom is 0.317 e. The van der Waals surface area contributed by atoms with E-state index in [1.807, 2.05) is 0 Å². The van der Waals surface area contributed by atoms with E-state index in [1.165, 1.54) is 4.90 Å². The third kappa shape index (κ3) is 2.48. The van der Waals surface area contributed by atoms with Crippen molar-refractivity contribution in [2.75, 3.05) is 32.7 Å². The first-order valence-electron chi connectivity index (χ1n) is 5.61. The molecule has 2 aliphatic heterocycles. The Morgan fingerprint density at radius 1 is 1.35 bits per heavy atom. The van der Waals surface area contributed by atoms with Crippen LogP contribution in [0.3, 0.4) is 0 Å². The van der Waals surface area contributed by atoms with Gasteiger partial charge in [-0.1, -0.05) is 0 Å². The number of carboxylic acids is 1. The summed E-state index contributed by atoms with van der Waals surface area (Å²) in [5, 5.41) is 11.5. The zero-order chi connectivity index (χ0) is 12.4. The van der Waals surface area contributed by atoms with Crippen LogP contribution in [0, 0.1) is 5.92 Å². The van der Waals surface area contributed by atoms with Gasteiger partial charge in [0.1, 0.15) is 0 Å². The zero-order valence-electron chi connectivity index (χ0n) is 9.39. The number of amides is 3. The Hall–Kier alpha value is -1.79. The van der Waals surface area contributed by atoms with Crippen LogP contribution in [0.25, 0.3) is 0 Å². The number of nitrogens with zero attached hydrogens (tertiary/aromatic N) is 2. The molecule has 0 bridgehead atoms. The lowest BCUT2D eigenvalue weighted by atomic mass is 10.1. The average molecular weight is 241 g/mol. The Labute approximate surface area is 98.4 Å². The predicted molar refractivity (Wildman–Crippen MR) is 57.3 cm³/mol. The van der Waals surface area contributed by atoms with E-state index in [4.69, 9.17) is 5.11 Å². The van der Waals surface area contributed by atoms with Crippen molar-refractivity contribution in [3.63, 3.8) is 0 Å². The minimum Gasteiger partial charge on any atom is -0.481 e. The van der Waals surface area contributed by atoms with Crippen molar-refractivity contribution in [1.82, 2.24) is 15.1 Å². The molecule has 2 fully saturated rings. The Balaban J connectivity index is 1.81. The van der Waals surface area contributed by atoms with E-state index >= 15 is 0 Å². The quantitative estimate of drug-likeness (QED) is 0.656. The molecule has 2 N–H and O–H groups in total. The average Bonchev–Trinajstić information content (AvgIpc) is 2.82. The molecule has 94 valence electrons.